The highest BCUT2D eigenvalue weighted by atomic mass is 16.3. The molecule has 2 N–H and O–H groups in total. The molecule has 4 heteroatoms. The molecule has 1 aromatic rings. The normalized spacial score (nSPS) is 19.6. The van der Waals surface area contributed by atoms with E-state index in [1.165, 1.54) is 5.56 Å². The van der Waals surface area contributed by atoms with Crippen LogP contribution in [0, 0.1) is 0 Å². The van der Waals surface area contributed by atoms with Crippen molar-refractivity contribution in [1.82, 2.24) is 4.98 Å². The first kappa shape index (κ1) is 11.2. The van der Waals surface area contributed by atoms with Crippen LogP contribution in [-0.4, -0.2) is 28.9 Å². The number of aryl methyl sites for hydroxylation is 1. The van der Waals surface area contributed by atoms with Crippen LogP contribution in [0.4, 0.5) is 11.5 Å². The number of β-amino-alcohol motifs (C(OH)–C–C–N with tert-alkyl or cyclic N) is 1. The molecule has 1 aliphatic rings. The molecule has 2 rings (SSSR count). The Hall–Kier alpha value is -1.29. The van der Waals surface area contributed by atoms with Gasteiger partial charge in [-0.1, -0.05) is 6.92 Å². The van der Waals surface area contributed by atoms with Crippen LogP contribution in [0.3, 0.4) is 0 Å². The van der Waals surface area contributed by atoms with Crippen molar-refractivity contribution in [2.45, 2.75) is 39.5 Å². The number of fused-ring (bicyclic) bond motifs is 1. The Balaban J connectivity index is 2.44. The van der Waals surface area contributed by atoms with Gasteiger partial charge in [0.2, 0.25) is 0 Å². The van der Waals surface area contributed by atoms with Gasteiger partial charge in [-0.15, -0.1) is 0 Å². The van der Waals surface area contributed by atoms with E-state index in [0.29, 0.717) is 6.54 Å². The zero-order valence-electron chi connectivity index (χ0n) is 10.1. The molecule has 16 heavy (non-hydrogen) atoms. The van der Waals surface area contributed by atoms with Crippen LogP contribution in [-0.2, 0) is 6.42 Å². The van der Waals surface area contributed by atoms with Gasteiger partial charge in [0.05, 0.1) is 12.2 Å². The number of aliphatic hydroxyl groups excluding tert-OH is 1. The smallest absolute Gasteiger partial charge is 0.149 e. The second-order valence-corrected chi connectivity index (χ2v) is 4.43. The molecule has 4 nitrogen and oxygen atoms in total. The van der Waals surface area contributed by atoms with Crippen molar-refractivity contribution in [2.24, 2.45) is 0 Å². The van der Waals surface area contributed by atoms with Crippen LogP contribution in [0.15, 0.2) is 12.3 Å². The Morgan fingerprint density at radius 3 is 3.00 bits per heavy atom. The fourth-order valence-electron chi connectivity index (χ4n) is 2.09. The van der Waals surface area contributed by atoms with Gasteiger partial charge in [0.25, 0.3) is 0 Å². The molecule has 0 aromatic carbocycles. The Kier molecular flexibility index (Phi) is 3.01. The van der Waals surface area contributed by atoms with Gasteiger partial charge in [-0.2, -0.15) is 0 Å². The van der Waals surface area contributed by atoms with Crippen LogP contribution in [0.5, 0.6) is 0 Å². The fourth-order valence-corrected chi connectivity index (χ4v) is 2.09. The minimum absolute atomic E-state index is 0.268. The van der Waals surface area contributed by atoms with Gasteiger partial charge in [-0.25, -0.2) is 4.98 Å². The monoisotopic (exact) mass is 221 g/mol. The number of aliphatic hydroxyl groups is 1. The van der Waals surface area contributed by atoms with Crippen LogP contribution >= 0.6 is 0 Å². The summed E-state index contributed by atoms with van der Waals surface area (Å²) in [6.07, 6.45) is 2.38. The molecule has 0 bridgehead atoms. The maximum Gasteiger partial charge on any atom is 0.149 e. The number of nitrogens with zero attached hydrogens (tertiary/aromatic N) is 2. The maximum atomic E-state index is 9.99. The number of rotatable bonds is 2. The molecule has 1 aliphatic heterocycles. The minimum Gasteiger partial charge on any atom is -0.372 e. The molecular weight excluding hydrogens is 202 g/mol. The molecule has 0 saturated heterocycles. The highest BCUT2D eigenvalue weighted by Crippen LogP contribution is 2.31. The first-order valence-corrected chi connectivity index (χ1v) is 5.82. The molecule has 1 unspecified atom stereocenters. The minimum atomic E-state index is -0.471. The lowest BCUT2D eigenvalue weighted by Gasteiger charge is -2.38. The van der Waals surface area contributed by atoms with Crippen molar-refractivity contribution in [3.8, 4) is 0 Å². The molecule has 0 amide bonds. The van der Waals surface area contributed by atoms with Gasteiger partial charge < -0.3 is 15.3 Å². The fraction of sp³-hybridized carbons (Fsp3) is 0.583. The third-order valence-corrected chi connectivity index (χ3v) is 2.94. The standard InChI is InChI=1S/C12H19N3O/c1-4-9-5-10-12(13-6-9)14-7-11(16)15(10)8(2)3/h5-6,8,11,16H,4,7H2,1-3H3,(H,13,14). The lowest BCUT2D eigenvalue weighted by Crippen LogP contribution is -2.48. The third-order valence-electron chi connectivity index (χ3n) is 2.94. The highest BCUT2D eigenvalue weighted by Gasteiger charge is 2.27. The third kappa shape index (κ3) is 1.85. The van der Waals surface area contributed by atoms with E-state index in [-0.39, 0.29) is 6.04 Å². The van der Waals surface area contributed by atoms with Crippen LogP contribution in [0.1, 0.15) is 26.3 Å². The van der Waals surface area contributed by atoms with Gasteiger partial charge in [-0.05, 0) is 31.9 Å². The molecular formula is C12H19N3O. The summed E-state index contributed by atoms with van der Waals surface area (Å²) >= 11 is 0. The lowest BCUT2D eigenvalue weighted by atomic mass is 10.1. The topological polar surface area (TPSA) is 48.4 Å². The van der Waals surface area contributed by atoms with Crippen LogP contribution in [0.25, 0.3) is 0 Å². The summed E-state index contributed by atoms with van der Waals surface area (Å²) in [5.74, 6) is 0.871. The first-order chi connectivity index (χ1) is 7.63. The summed E-state index contributed by atoms with van der Waals surface area (Å²) in [6, 6.07) is 2.38. The Labute approximate surface area is 96.3 Å². The van der Waals surface area contributed by atoms with Gasteiger partial charge >= 0.3 is 0 Å². The number of hydrogen-bond acceptors (Lipinski definition) is 4. The van der Waals surface area contributed by atoms with Gasteiger partial charge in [0.1, 0.15) is 12.0 Å². The van der Waals surface area contributed by atoms with E-state index in [9.17, 15) is 5.11 Å². The van der Waals surface area contributed by atoms with Crippen molar-refractivity contribution in [3.05, 3.63) is 17.8 Å². The summed E-state index contributed by atoms with van der Waals surface area (Å²) in [5, 5.41) is 13.1. The van der Waals surface area contributed by atoms with Crippen molar-refractivity contribution in [2.75, 3.05) is 16.8 Å². The number of aromatic nitrogens is 1. The van der Waals surface area contributed by atoms with E-state index in [4.69, 9.17) is 0 Å². The first-order valence-electron chi connectivity index (χ1n) is 5.82. The molecule has 1 aromatic heterocycles. The summed E-state index contributed by atoms with van der Waals surface area (Å²) in [6.45, 7) is 6.80. The van der Waals surface area contributed by atoms with Crippen molar-refractivity contribution >= 4 is 11.5 Å². The zero-order chi connectivity index (χ0) is 11.7. The second kappa shape index (κ2) is 4.29. The van der Waals surface area contributed by atoms with E-state index in [0.717, 1.165) is 17.9 Å². The van der Waals surface area contributed by atoms with E-state index in [2.05, 4.69) is 37.1 Å². The quantitative estimate of drug-likeness (QED) is 0.796. The maximum absolute atomic E-state index is 9.99. The summed E-state index contributed by atoms with van der Waals surface area (Å²) < 4.78 is 0. The molecule has 0 saturated carbocycles. The van der Waals surface area contributed by atoms with E-state index < -0.39 is 6.23 Å². The second-order valence-electron chi connectivity index (χ2n) is 4.43. The van der Waals surface area contributed by atoms with E-state index in [1.54, 1.807) is 0 Å². The Morgan fingerprint density at radius 2 is 2.38 bits per heavy atom. The van der Waals surface area contributed by atoms with Crippen LogP contribution in [0.2, 0.25) is 0 Å². The van der Waals surface area contributed by atoms with Gasteiger partial charge in [0, 0.05) is 12.2 Å². The van der Waals surface area contributed by atoms with Gasteiger partial charge in [0.15, 0.2) is 0 Å². The average molecular weight is 221 g/mol. The van der Waals surface area contributed by atoms with Gasteiger partial charge in [-0.3, -0.25) is 0 Å². The number of anilines is 2. The summed E-state index contributed by atoms with van der Waals surface area (Å²) in [4.78, 5) is 6.41. The lowest BCUT2D eigenvalue weighted by molar-refractivity contribution is 0.170. The number of nitrogens with one attached hydrogen (secondary N) is 1. The van der Waals surface area contributed by atoms with Crippen molar-refractivity contribution in [3.63, 3.8) is 0 Å². The molecule has 0 radical (unpaired) electrons. The molecule has 1 atom stereocenters. The molecule has 0 spiro atoms. The zero-order valence-corrected chi connectivity index (χ0v) is 10.1. The van der Waals surface area contributed by atoms with E-state index >= 15 is 0 Å². The number of hydrogen-bond donors (Lipinski definition) is 2. The average Bonchev–Trinajstić information content (AvgIpc) is 2.27. The number of pyridine rings is 1. The molecule has 88 valence electrons. The van der Waals surface area contributed by atoms with Crippen molar-refractivity contribution in [1.29, 1.82) is 0 Å². The molecule has 2 heterocycles. The van der Waals surface area contributed by atoms with E-state index in [1.807, 2.05) is 11.1 Å². The largest absolute Gasteiger partial charge is 0.372 e. The predicted octanol–water partition coefficient (Wildman–Crippen LogP) is 1.60. The highest BCUT2D eigenvalue weighted by molar-refractivity contribution is 5.69. The SMILES string of the molecule is CCc1cnc2c(c1)N(C(C)C)C(O)CN2. The van der Waals surface area contributed by atoms with Crippen LogP contribution < -0.4 is 10.2 Å². The molecule has 0 fully saturated rings. The Morgan fingerprint density at radius 1 is 1.62 bits per heavy atom. The summed E-state index contributed by atoms with van der Waals surface area (Å²) in [5.41, 5.74) is 2.20. The Bertz CT molecular complexity index is 379. The molecule has 0 aliphatic carbocycles. The van der Waals surface area contributed by atoms with Crippen molar-refractivity contribution < 1.29 is 5.11 Å². The predicted molar refractivity (Wildman–Crippen MR) is 65.7 cm³/mol. The summed E-state index contributed by atoms with van der Waals surface area (Å²) in [7, 11) is 0.